The number of hydrogen-bond acceptors (Lipinski definition) is 4. The average Bonchev–Trinajstić information content (AvgIpc) is 2.63. The maximum Gasteiger partial charge on any atom is 0.228 e. The van der Waals surface area contributed by atoms with Crippen molar-refractivity contribution in [2.75, 3.05) is 38.1 Å². The Bertz CT molecular complexity index is 545. The molecule has 5 nitrogen and oxygen atoms in total. The Kier molecular flexibility index (Phi) is 10.5. The molecule has 26 heavy (non-hydrogen) atoms. The van der Waals surface area contributed by atoms with E-state index in [1.165, 1.54) is 5.56 Å². The summed E-state index contributed by atoms with van der Waals surface area (Å²) >= 11 is 0. The number of nitrogens with one attached hydrogen (secondary N) is 2. The van der Waals surface area contributed by atoms with Gasteiger partial charge < -0.3 is 15.7 Å². The topological polar surface area (TPSA) is 64.6 Å². The molecule has 1 aromatic carbocycles. The molecular weight excluding hydrogens is 373 g/mol. The smallest absolute Gasteiger partial charge is 0.228 e. The molecule has 2 aliphatic heterocycles. The number of nitrogens with zero attached hydrogens (tertiary/aromatic N) is 1. The van der Waals surface area contributed by atoms with Gasteiger partial charge >= 0.3 is 0 Å². The standard InChI is InChI=1S/C19H29N3O2.2ClH/c23-14-15-6-9-22(10-7-15)13-16-3-1-5-18(11-16)21-19(24)17-4-2-8-20-12-17;;/h1,3,5,11,15,17,20,23H,2,4,6-10,12-14H2,(H,21,24);2*1H. The van der Waals surface area contributed by atoms with Gasteiger partial charge in [-0.05, 0) is 68.9 Å². The van der Waals surface area contributed by atoms with Crippen molar-refractivity contribution in [3.8, 4) is 0 Å². The molecule has 1 atom stereocenters. The number of amides is 1. The zero-order valence-corrected chi connectivity index (χ0v) is 16.8. The molecule has 2 fully saturated rings. The van der Waals surface area contributed by atoms with Crippen molar-refractivity contribution in [1.82, 2.24) is 10.2 Å². The van der Waals surface area contributed by atoms with Crippen molar-refractivity contribution in [2.24, 2.45) is 11.8 Å². The number of carbonyl (C=O) groups is 1. The Balaban J connectivity index is 0.00000169. The highest BCUT2D eigenvalue weighted by Gasteiger charge is 2.21. The molecule has 2 aliphatic rings. The van der Waals surface area contributed by atoms with E-state index in [0.29, 0.717) is 12.5 Å². The minimum Gasteiger partial charge on any atom is -0.396 e. The van der Waals surface area contributed by atoms with E-state index in [-0.39, 0.29) is 36.6 Å². The summed E-state index contributed by atoms with van der Waals surface area (Å²) in [5.41, 5.74) is 2.13. The number of benzene rings is 1. The van der Waals surface area contributed by atoms with Crippen LogP contribution in [-0.4, -0.2) is 48.7 Å². The van der Waals surface area contributed by atoms with E-state index >= 15 is 0 Å². The van der Waals surface area contributed by atoms with Crippen LogP contribution in [0, 0.1) is 11.8 Å². The third-order valence-corrected chi connectivity index (χ3v) is 5.23. The summed E-state index contributed by atoms with van der Waals surface area (Å²) in [6.45, 7) is 5.10. The van der Waals surface area contributed by atoms with E-state index in [9.17, 15) is 9.90 Å². The molecule has 148 valence electrons. The highest BCUT2D eigenvalue weighted by molar-refractivity contribution is 5.92. The van der Waals surface area contributed by atoms with Gasteiger partial charge in [-0.3, -0.25) is 9.69 Å². The van der Waals surface area contributed by atoms with Crippen LogP contribution in [0.1, 0.15) is 31.2 Å². The van der Waals surface area contributed by atoms with Gasteiger partial charge in [0.2, 0.25) is 5.91 Å². The second kappa shape index (κ2) is 11.8. The fourth-order valence-corrected chi connectivity index (χ4v) is 3.65. The van der Waals surface area contributed by atoms with Gasteiger partial charge in [0.25, 0.3) is 0 Å². The molecule has 0 aliphatic carbocycles. The van der Waals surface area contributed by atoms with Crippen LogP contribution in [0.2, 0.25) is 0 Å². The second-order valence-corrected chi connectivity index (χ2v) is 7.14. The lowest BCUT2D eigenvalue weighted by atomic mass is 9.97. The van der Waals surface area contributed by atoms with Crippen molar-refractivity contribution >= 4 is 36.4 Å². The first-order valence-electron chi connectivity index (χ1n) is 9.18. The molecule has 0 radical (unpaired) electrons. The van der Waals surface area contributed by atoms with Crippen molar-refractivity contribution in [2.45, 2.75) is 32.2 Å². The van der Waals surface area contributed by atoms with Crippen LogP contribution in [0.3, 0.4) is 0 Å². The molecule has 0 aromatic heterocycles. The van der Waals surface area contributed by atoms with E-state index < -0.39 is 0 Å². The van der Waals surface area contributed by atoms with E-state index in [0.717, 1.165) is 64.1 Å². The molecule has 1 unspecified atom stereocenters. The SMILES string of the molecule is Cl.Cl.O=C(Nc1cccc(CN2CCC(CO)CC2)c1)C1CCCNC1. The highest BCUT2D eigenvalue weighted by atomic mass is 35.5. The first kappa shape index (κ1) is 23.2. The number of hydrogen-bond donors (Lipinski definition) is 3. The van der Waals surface area contributed by atoms with Gasteiger partial charge in [-0.2, -0.15) is 0 Å². The fraction of sp³-hybridized carbons (Fsp3) is 0.632. The number of carbonyl (C=O) groups excluding carboxylic acids is 1. The summed E-state index contributed by atoms with van der Waals surface area (Å²) in [5.74, 6) is 0.680. The van der Waals surface area contributed by atoms with Gasteiger partial charge in [-0.25, -0.2) is 0 Å². The fourth-order valence-electron chi connectivity index (χ4n) is 3.65. The van der Waals surface area contributed by atoms with E-state index in [1.54, 1.807) is 0 Å². The summed E-state index contributed by atoms with van der Waals surface area (Å²) in [6.07, 6.45) is 4.18. The minimum atomic E-state index is 0. The predicted molar refractivity (Wildman–Crippen MR) is 110 cm³/mol. The van der Waals surface area contributed by atoms with Gasteiger partial charge in [0.05, 0.1) is 5.92 Å². The lowest BCUT2D eigenvalue weighted by Crippen LogP contribution is -2.37. The van der Waals surface area contributed by atoms with Gasteiger partial charge in [0.15, 0.2) is 0 Å². The molecule has 2 saturated heterocycles. The van der Waals surface area contributed by atoms with Crippen molar-refractivity contribution in [1.29, 1.82) is 0 Å². The van der Waals surface area contributed by atoms with Gasteiger partial charge in [-0.1, -0.05) is 12.1 Å². The van der Waals surface area contributed by atoms with Gasteiger partial charge in [0, 0.05) is 25.4 Å². The van der Waals surface area contributed by atoms with Crippen LogP contribution >= 0.6 is 24.8 Å². The van der Waals surface area contributed by atoms with Crippen LogP contribution in [0.5, 0.6) is 0 Å². The molecule has 3 N–H and O–H groups in total. The van der Waals surface area contributed by atoms with Crippen LogP contribution in [-0.2, 0) is 11.3 Å². The summed E-state index contributed by atoms with van der Waals surface area (Å²) in [6, 6.07) is 8.20. The quantitative estimate of drug-likeness (QED) is 0.706. The number of rotatable bonds is 5. The summed E-state index contributed by atoms with van der Waals surface area (Å²) < 4.78 is 0. The lowest BCUT2D eigenvalue weighted by Gasteiger charge is -2.31. The number of halogens is 2. The van der Waals surface area contributed by atoms with Gasteiger partial charge in [0.1, 0.15) is 0 Å². The Labute approximate surface area is 168 Å². The van der Waals surface area contributed by atoms with Crippen LogP contribution in [0.15, 0.2) is 24.3 Å². The Morgan fingerprint density at radius 2 is 2.00 bits per heavy atom. The Morgan fingerprint density at radius 3 is 2.65 bits per heavy atom. The second-order valence-electron chi connectivity index (χ2n) is 7.14. The first-order chi connectivity index (χ1) is 11.7. The number of aliphatic hydroxyl groups excluding tert-OH is 1. The minimum absolute atomic E-state index is 0. The number of anilines is 1. The first-order valence-corrected chi connectivity index (χ1v) is 9.18. The van der Waals surface area contributed by atoms with Gasteiger partial charge in [-0.15, -0.1) is 24.8 Å². The molecule has 0 saturated carbocycles. The Morgan fingerprint density at radius 1 is 1.23 bits per heavy atom. The largest absolute Gasteiger partial charge is 0.396 e. The van der Waals surface area contributed by atoms with E-state index in [1.807, 2.05) is 12.1 Å². The van der Waals surface area contributed by atoms with Crippen LogP contribution < -0.4 is 10.6 Å². The van der Waals surface area contributed by atoms with Crippen LogP contribution in [0.4, 0.5) is 5.69 Å². The molecule has 1 amide bonds. The molecule has 0 spiro atoms. The van der Waals surface area contributed by atoms with Crippen molar-refractivity contribution < 1.29 is 9.90 Å². The summed E-state index contributed by atoms with van der Waals surface area (Å²) in [4.78, 5) is 14.8. The van der Waals surface area contributed by atoms with E-state index in [2.05, 4.69) is 27.7 Å². The molecule has 0 bridgehead atoms. The third kappa shape index (κ3) is 6.71. The summed E-state index contributed by atoms with van der Waals surface area (Å²) in [5, 5.41) is 15.6. The predicted octanol–water partition coefficient (Wildman–Crippen LogP) is 2.67. The highest BCUT2D eigenvalue weighted by Crippen LogP contribution is 2.20. The molecule has 2 heterocycles. The normalized spacial score (nSPS) is 21.3. The molecular formula is C19H31Cl2N3O2. The monoisotopic (exact) mass is 403 g/mol. The van der Waals surface area contributed by atoms with Crippen molar-refractivity contribution in [3.63, 3.8) is 0 Å². The zero-order valence-electron chi connectivity index (χ0n) is 15.2. The molecule has 1 aromatic rings. The maximum absolute atomic E-state index is 12.4. The third-order valence-electron chi connectivity index (χ3n) is 5.23. The Hall–Kier alpha value is -0.850. The number of piperidine rings is 2. The average molecular weight is 404 g/mol. The maximum atomic E-state index is 12.4. The number of aliphatic hydroxyl groups is 1. The van der Waals surface area contributed by atoms with Crippen LogP contribution in [0.25, 0.3) is 0 Å². The number of likely N-dealkylation sites (tertiary alicyclic amines) is 1. The van der Waals surface area contributed by atoms with Crippen molar-refractivity contribution in [3.05, 3.63) is 29.8 Å². The summed E-state index contributed by atoms with van der Waals surface area (Å²) in [7, 11) is 0. The lowest BCUT2D eigenvalue weighted by molar-refractivity contribution is -0.120. The molecule has 7 heteroatoms. The molecule has 3 rings (SSSR count). The zero-order chi connectivity index (χ0) is 16.8. The van der Waals surface area contributed by atoms with E-state index in [4.69, 9.17) is 0 Å².